The lowest BCUT2D eigenvalue weighted by atomic mass is 9.88. The molecule has 3 N–H and O–H groups in total. The number of hydrogen-bond acceptors (Lipinski definition) is 7. The summed E-state index contributed by atoms with van der Waals surface area (Å²) in [7, 11) is 1.28. The van der Waals surface area contributed by atoms with Crippen LogP contribution in [-0.4, -0.2) is 59.7 Å². The van der Waals surface area contributed by atoms with Crippen LogP contribution in [0.5, 0.6) is 5.75 Å². The minimum atomic E-state index is -1.87. The fraction of sp³-hybridized carbons (Fsp3) is 0.409. The predicted octanol–water partition coefficient (Wildman–Crippen LogP) is 1.81. The maximum Gasteiger partial charge on any atom is 0.229 e. The number of methoxy groups -OCH3 is 1. The SMILES string of the molecule is CCOc1ccc(Cc2cc([C@]3(OC)O[C@H](CO)[C@@H](O)C(=O)[C@H]3O)ccc2Cl)cc1. The molecular weight excluding hydrogens is 412 g/mol. The van der Waals surface area contributed by atoms with Crippen LogP contribution in [0.4, 0.5) is 0 Å². The van der Waals surface area contributed by atoms with Gasteiger partial charge in [-0.15, -0.1) is 0 Å². The molecule has 0 aliphatic carbocycles. The van der Waals surface area contributed by atoms with E-state index in [4.69, 9.17) is 25.8 Å². The molecule has 2 aromatic rings. The van der Waals surface area contributed by atoms with Crippen molar-refractivity contribution in [2.45, 2.75) is 37.4 Å². The van der Waals surface area contributed by atoms with Gasteiger partial charge in [-0.2, -0.15) is 0 Å². The Hall–Kier alpha value is -2.00. The van der Waals surface area contributed by atoms with Crippen molar-refractivity contribution in [3.8, 4) is 5.75 Å². The predicted molar refractivity (Wildman–Crippen MR) is 110 cm³/mol. The van der Waals surface area contributed by atoms with Gasteiger partial charge in [0.05, 0.1) is 13.2 Å². The second-order valence-corrected chi connectivity index (χ2v) is 7.43. The molecule has 1 aliphatic rings. The molecule has 162 valence electrons. The van der Waals surface area contributed by atoms with E-state index < -0.39 is 36.5 Å². The number of carbonyl (C=O) groups excluding carboxylic acids is 1. The van der Waals surface area contributed by atoms with Gasteiger partial charge in [-0.3, -0.25) is 4.79 Å². The van der Waals surface area contributed by atoms with E-state index in [1.807, 2.05) is 31.2 Å². The van der Waals surface area contributed by atoms with Crippen LogP contribution in [0.15, 0.2) is 42.5 Å². The Labute approximate surface area is 179 Å². The minimum Gasteiger partial charge on any atom is -0.494 e. The van der Waals surface area contributed by atoms with Crippen molar-refractivity contribution in [3.05, 3.63) is 64.2 Å². The van der Waals surface area contributed by atoms with Gasteiger partial charge >= 0.3 is 0 Å². The van der Waals surface area contributed by atoms with Gasteiger partial charge in [-0.1, -0.05) is 29.8 Å². The molecule has 0 unspecified atom stereocenters. The van der Waals surface area contributed by atoms with Crippen LogP contribution < -0.4 is 4.74 Å². The first kappa shape index (κ1) is 22.7. The average Bonchev–Trinajstić information content (AvgIpc) is 2.76. The topological polar surface area (TPSA) is 105 Å². The van der Waals surface area contributed by atoms with E-state index in [-0.39, 0.29) is 0 Å². The molecule has 4 atom stereocenters. The van der Waals surface area contributed by atoms with Gasteiger partial charge in [-0.05, 0) is 48.7 Å². The molecule has 1 aliphatic heterocycles. The normalized spacial score (nSPS) is 26.6. The van der Waals surface area contributed by atoms with Gasteiger partial charge in [0.25, 0.3) is 0 Å². The van der Waals surface area contributed by atoms with Crippen LogP contribution in [0, 0.1) is 0 Å². The van der Waals surface area contributed by atoms with Gasteiger partial charge in [0, 0.05) is 17.7 Å². The number of ether oxygens (including phenoxy) is 3. The second-order valence-electron chi connectivity index (χ2n) is 7.02. The van der Waals surface area contributed by atoms with Gasteiger partial charge < -0.3 is 29.5 Å². The van der Waals surface area contributed by atoms with Crippen molar-refractivity contribution < 1.29 is 34.3 Å². The summed E-state index contributed by atoms with van der Waals surface area (Å²) in [6, 6.07) is 12.5. The number of aliphatic hydroxyl groups excluding tert-OH is 3. The Bertz CT molecular complexity index is 886. The lowest BCUT2D eigenvalue weighted by Crippen LogP contribution is -2.62. The number of Topliss-reactive ketones (excluding diaryl/α,β-unsaturated/α-hetero) is 1. The first-order chi connectivity index (χ1) is 14.4. The molecule has 1 heterocycles. The Morgan fingerprint density at radius 1 is 1.17 bits per heavy atom. The summed E-state index contributed by atoms with van der Waals surface area (Å²) < 4.78 is 16.6. The van der Waals surface area contributed by atoms with Gasteiger partial charge in [0.2, 0.25) is 5.79 Å². The first-order valence-electron chi connectivity index (χ1n) is 9.60. The van der Waals surface area contributed by atoms with Crippen LogP contribution in [0.3, 0.4) is 0 Å². The third-order valence-corrected chi connectivity index (χ3v) is 5.53. The third kappa shape index (κ3) is 4.23. The van der Waals surface area contributed by atoms with Crippen molar-refractivity contribution in [2.75, 3.05) is 20.3 Å². The smallest absolute Gasteiger partial charge is 0.229 e. The van der Waals surface area contributed by atoms with E-state index in [0.29, 0.717) is 23.6 Å². The van der Waals surface area contributed by atoms with Crippen molar-refractivity contribution in [3.63, 3.8) is 0 Å². The summed E-state index contributed by atoms with van der Waals surface area (Å²) in [6.07, 6.45) is -4.18. The zero-order valence-corrected chi connectivity index (χ0v) is 17.5. The van der Waals surface area contributed by atoms with Crippen LogP contribution in [0.2, 0.25) is 5.02 Å². The largest absolute Gasteiger partial charge is 0.494 e. The highest BCUT2D eigenvalue weighted by Gasteiger charge is 2.55. The van der Waals surface area contributed by atoms with E-state index >= 15 is 0 Å². The average molecular weight is 437 g/mol. The molecule has 0 aromatic heterocycles. The summed E-state index contributed by atoms with van der Waals surface area (Å²) in [4.78, 5) is 12.4. The molecule has 30 heavy (non-hydrogen) atoms. The van der Waals surface area contributed by atoms with Crippen molar-refractivity contribution in [2.24, 2.45) is 0 Å². The molecule has 0 radical (unpaired) electrons. The van der Waals surface area contributed by atoms with E-state index in [2.05, 4.69) is 0 Å². The number of carbonyl (C=O) groups is 1. The molecule has 0 amide bonds. The van der Waals surface area contributed by atoms with Crippen LogP contribution in [0.25, 0.3) is 0 Å². The molecular formula is C22H25ClO7. The quantitative estimate of drug-likeness (QED) is 0.607. The van der Waals surface area contributed by atoms with Crippen LogP contribution in [-0.2, 0) is 26.5 Å². The highest BCUT2D eigenvalue weighted by Crippen LogP contribution is 2.39. The maximum atomic E-state index is 12.4. The summed E-state index contributed by atoms with van der Waals surface area (Å²) in [6.45, 7) is 1.88. The molecule has 1 saturated heterocycles. The van der Waals surface area contributed by atoms with E-state index in [1.165, 1.54) is 7.11 Å². The van der Waals surface area contributed by atoms with Gasteiger partial charge in [0.15, 0.2) is 11.9 Å². The standard InChI is InChI=1S/C22H25ClO7/c1-3-29-16-7-4-13(5-8-16)10-14-11-15(6-9-17(14)23)22(28-2)21(27)20(26)19(25)18(12-24)30-22/h4-9,11,18-19,21,24-25,27H,3,10,12H2,1-2H3/t18-,19-,21-,22+/m1/s1. The maximum absolute atomic E-state index is 12.4. The van der Waals surface area contributed by atoms with Crippen molar-refractivity contribution >= 4 is 17.4 Å². The number of rotatable bonds is 7. The Morgan fingerprint density at radius 2 is 1.87 bits per heavy atom. The second kappa shape index (κ2) is 9.43. The van der Waals surface area contributed by atoms with Crippen molar-refractivity contribution in [1.82, 2.24) is 0 Å². The number of aliphatic hydroxyl groups is 3. The molecule has 2 aromatic carbocycles. The van der Waals surface area contributed by atoms with Gasteiger partial charge in [-0.25, -0.2) is 0 Å². The summed E-state index contributed by atoms with van der Waals surface area (Å²) in [5.74, 6) is -1.99. The molecule has 0 bridgehead atoms. The van der Waals surface area contributed by atoms with Crippen molar-refractivity contribution in [1.29, 1.82) is 0 Å². The zero-order valence-electron chi connectivity index (χ0n) is 16.7. The lowest BCUT2D eigenvalue weighted by Gasteiger charge is -2.44. The molecule has 7 nitrogen and oxygen atoms in total. The van der Waals surface area contributed by atoms with Gasteiger partial charge in [0.1, 0.15) is 18.0 Å². The molecule has 8 heteroatoms. The van der Waals surface area contributed by atoms with Crippen LogP contribution in [0.1, 0.15) is 23.6 Å². The highest BCUT2D eigenvalue weighted by atomic mass is 35.5. The van der Waals surface area contributed by atoms with E-state index in [9.17, 15) is 20.1 Å². The zero-order chi connectivity index (χ0) is 21.9. The van der Waals surface area contributed by atoms with Crippen LogP contribution >= 0.6 is 11.6 Å². The molecule has 1 fully saturated rings. The molecule has 3 rings (SSSR count). The molecule has 0 saturated carbocycles. The van der Waals surface area contributed by atoms with E-state index in [0.717, 1.165) is 16.9 Å². The number of halogens is 1. The summed E-state index contributed by atoms with van der Waals surface area (Å²) in [5.41, 5.74) is 2.06. The third-order valence-electron chi connectivity index (χ3n) is 5.16. The minimum absolute atomic E-state index is 0.349. The molecule has 0 spiro atoms. The fourth-order valence-electron chi connectivity index (χ4n) is 3.54. The summed E-state index contributed by atoms with van der Waals surface area (Å²) >= 11 is 6.38. The first-order valence-corrected chi connectivity index (χ1v) is 9.98. The Morgan fingerprint density at radius 3 is 2.47 bits per heavy atom. The summed E-state index contributed by atoms with van der Waals surface area (Å²) in [5, 5.41) is 30.5. The number of hydrogen-bond donors (Lipinski definition) is 3. The number of ketones is 1. The number of benzene rings is 2. The highest BCUT2D eigenvalue weighted by molar-refractivity contribution is 6.31. The lowest BCUT2D eigenvalue weighted by molar-refractivity contribution is -0.323. The van der Waals surface area contributed by atoms with E-state index in [1.54, 1.807) is 18.2 Å². The monoisotopic (exact) mass is 436 g/mol. The fourth-order valence-corrected chi connectivity index (χ4v) is 3.73. The Kier molecular flexibility index (Phi) is 7.13. The Balaban J connectivity index is 1.95.